The van der Waals surface area contributed by atoms with Gasteiger partial charge in [0.2, 0.25) is 5.91 Å². The summed E-state index contributed by atoms with van der Waals surface area (Å²) in [6, 6.07) is 13.7. The zero-order valence-corrected chi connectivity index (χ0v) is 16.0. The first-order valence-electron chi connectivity index (χ1n) is 8.35. The molecule has 1 unspecified atom stereocenters. The number of amides is 1. The van der Waals surface area contributed by atoms with Crippen LogP contribution in [-0.4, -0.2) is 39.0 Å². The number of carbonyl (C=O) groups is 1. The second kappa shape index (κ2) is 9.38. The van der Waals surface area contributed by atoms with Crippen LogP contribution >= 0.6 is 0 Å². The normalized spacial score (nSPS) is 12.3. The Kier molecular flexibility index (Phi) is 7.20. The average molecular weight is 393 g/mol. The molecule has 8 heteroatoms. The Morgan fingerprint density at radius 2 is 1.74 bits per heavy atom. The van der Waals surface area contributed by atoms with Crippen LogP contribution in [0.2, 0.25) is 0 Å². The molecule has 7 nitrogen and oxygen atoms in total. The van der Waals surface area contributed by atoms with E-state index in [4.69, 9.17) is 14.7 Å². The van der Waals surface area contributed by atoms with Crippen molar-refractivity contribution >= 4 is 15.7 Å². The Morgan fingerprint density at radius 1 is 1.07 bits per heavy atom. The number of hydrogen-bond acceptors (Lipinski definition) is 6. The predicted octanol–water partition coefficient (Wildman–Crippen LogP) is 2.37. The molecule has 0 spiro atoms. The lowest BCUT2D eigenvalue weighted by Gasteiger charge is -2.18. The van der Waals surface area contributed by atoms with Crippen molar-refractivity contribution in [2.24, 2.45) is 0 Å². The Morgan fingerprint density at radius 3 is 2.33 bits per heavy atom. The van der Waals surface area contributed by atoms with E-state index in [1.165, 1.54) is 37.9 Å². The van der Waals surface area contributed by atoms with E-state index in [9.17, 15) is 13.2 Å². The highest BCUT2D eigenvalue weighted by molar-refractivity contribution is 7.92. The third-order valence-corrected chi connectivity index (χ3v) is 6.45. The summed E-state index contributed by atoms with van der Waals surface area (Å²) in [6.45, 7) is 0. The monoisotopic (exact) mass is 393 g/mol. The van der Waals surface area contributed by atoms with E-state index in [1.807, 2.05) is 30.3 Å². The predicted molar refractivity (Wildman–Crippen MR) is 99.8 cm³/mol. The molecule has 0 fully saturated rings. The van der Waals surface area contributed by atoms with Crippen molar-refractivity contribution in [3.05, 3.63) is 54.1 Å². The van der Waals surface area contributed by atoms with Crippen molar-refractivity contribution in [2.45, 2.75) is 29.4 Å². The Labute approximate surface area is 158 Å². The first kappa shape index (κ1) is 20.7. The molecule has 0 heterocycles. The highest BCUT2D eigenvalue weighted by Gasteiger charge is 2.30. The topological polar surface area (TPSA) is 102 Å². The van der Waals surface area contributed by atoms with Crippen LogP contribution in [0, 0.1) is 0 Å². The van der Waals surface area contributed by atoms with E-state index in [2.05, 4.69) is 0 Å². The van der Waals surface area contributed by atoms with Gasteiger partial charge >= 0.3 is 0 Å². The summed E-state index contributed by atoms with van der Waals surface area (Å²) in [7, 11) is -0.966. The number of ether oxygens (including phenoxy) is 2. The van der Waals surface area contributed by atoms with Gasteiger partial charge in [-0.25, -0.2) is 13.9 Å². The second-order valence-electron chi connectivity index (χ2n) is 5.95. The molecule has 1 atom stereocenters. The largest absolute Gasteiger partial charge is 0.493 e. The van der Waals surface area contributed by atoms with Crippen molar-refractivity contribution in [3.8, 4) is 11.5 Å². The third-order valence-electron chi connectivity index (χ3n) is 4.26. The van der Waals surface area contributed by atoms with Crippen LogP contribution in [0.5, 0.6) is 11.5 Å². The first-order chi connectivity index (χ1) is 12.9. The van der Waals surface area contributed by atoms with E-state index in [-0.39, 0.29) is 23.5 Å². The molecule has 27 heavy (non-hydrogen) atoms. The number of rotatable bonds is 9. The second-order valence-corrected chi connectivity index (χ2v) is 8.18. The fourth-order valence-corrected chi connectivity index (χ4v) is 4.49. The van der Waals surface area contributed by atoms with Crippen molar-refractivity contribution in [1.82, 2.24) is 5.48 Å². The fourth-order valence-electron chi connectivity index (χ4n) is 2.78. The van der Waals surface area contributed by atoms with E-state index in [1.54, 1.807) is 0 Å². The summed E-state index contributed by atoms with van der Waals surface area (Å²) < 4.78 is 36.5. The van der Waals surface area contributed by atoms with E-state index in [0.29, 0.717) is 12.2 Å². The van der Waals surface area contributed by atoms with Crippen LogP contribution in [0.1, 0.15) is 18.4 Å². The van der Waals surface area contributed by atoms with Crippen LogP contribution in [0.15, 0.2) is 53.4 Å². The number of nitrogens with one attached hydrogen (secondary N) is 1. The van der Waals surface area contributed by atoms with E-state index >= 15 is 0 Å². The zero-order chi connectivity index (χ0) is 19.9. The minimum Gasteiger partial charge on any atom is -0.493 e. The number of aryl methyl sites for hydroxylation is 1. The summed E-state index contributed by atoms with van der Waals surface area (Å²) in [5.74, 6) is -0.0607. The Hall–Kier alpha value is -2.58. The van der Waals surface area contributed by atoms with Gasteiger partial charge in [-0.1, -0.05) is 30.3 Å². The average Bonchev–Trinajstić information content (AvgIpc) is 2.70. The van der Waals surface area contributed by atoms with Gasteiger partial charge < -0.3 is 9.47 Å². The number of methoxy groups -OCH3 is 2. The van der Waals surface area contributed by atoms with Crippen LogP contribution in [0.4, 0.5) is 0 Å². The lowest BCUT2D eigenvalue weighted by Crippen LogP contribution is -2.30. The molecule has 0 radical (unpaired) electrons. The number of benzene rings is 2. The van der Waals surface area contributed by atoms with Gasteiger partial charge in [-0.3, -0.25) is 10.0 Å². The molecule has 2 N–H and O–H groups in total. The lowest BCUT2D eigenvalue weighted by atomic mass is 10.1. The summed E-state index contributed by atoms with van der Waals surface area (Å²) in [6.07, 6.45) is 0.366. The van der Waals surface area contributed by atoms with Crippen molar-refractivity contribution < 1.29 is 27.9 Å². The molecule has 2 rings (SSSR count). The summed E-state index contributed by atoms with van der Waals surface area (Å²) >= 11 is 0. The molecule has 0 saturated carbocycles. The summed E-state index contributed by atoms with van der Waals surface area (Å²) in [5, 5.41) is 7.83. The first-order valence-corrected chi connectivity index (χ1v) is 9.89. The molecule has 0 aliphatic rings. The lowest BCUT2D eigenvalue weighted by molar-refractivity contribution is -0.129. The molecule has 0 aliphatic carbocycles. The molecular formula is C19H23NO6S. The minimum atomic E-state index is -3.84. The molecule has 0 bridgehead atoms. The Balaban J connectivity index is 2.32. The molecule has 0 saturated heterocycles. The number of hydroxylamine groups is 1. The van der Waals surface area contributed by atoms with Crippen LogP contribution in [0.25, 0.3) is 0 Å². The highest BCUT2D eigenvalue weighted by atomic mass is 32.2. The quantitative estimate of drug-likeness (QED) is 0.501. The fraction of sp³-hybridized carbons (Fsp3) is 0.316. The maximum absolute atomic E-state index is 13.1. The molecule has 2 aromatic rings. The molecule has 0 aliphatic heterocycles. The SMILES string of the molecule is COc1ccc(S(=O)(=O)C(CCc2ccccc2)CC(=O)NO)cc1OC. The minimum absolute atomic E-state index is 0.0314. The summed E-state index contributed by atoms with van der Waals surface area (Å²) in [5.41, 5.74) is 2.48. The Bertz CT molecular complexity index is 867. The molecular weight excluding hydrogens is 370 g/mol. The van der Waals surface area contributed by atoms with Crippen LogP contribution in [-0.2, 0) is 21.1 Å². The number of hydrogen-bond donors (Lipinski definition) is 2. The van der Waals surface area contributed by atoms with Crippen LogP contribution < -0.4 is 15.0 Å². The van der Waals surface area contributed by atoms with Gasteiger partial charge in [0, 0.05) is 12.5 Å². The molecule has 2 aromatic carbocycles. The van der Waals surface area contributed by atoms with Crippen LogP contribution in [0.3, 0.4) is 0 Å². The van der Waals surface area contributed by atoms with Gasteiger partial charge in [0.15, 0.2) is 21.3 Å². The molecule has 1 amide bonds. The van der Waals surface area contributed by atoms with Crippen molar-refractivity contribution in [2.75, 3.05) is 14.2 Å². The van der Waals surface area contributed by atoms with Gasteiger partial charge in [-0.2, -0.15) is 0 Å². The maximum Gasteiger partial charge on any atom is 0.244 e. The highest BCUT2D eigenvalue weighted by Crippen LogP contribution is 2.32. The van der Waals surface area contributed by atoms with E-state index in [0.717, 1.165) is 5.56 Å². The van der Waals surface area contributed by atoms with Crippen molar-refractivity contribution in [3.63, 3.8) is 0 Å². The van der Waals surface area contributed by atoms with Gasteiger partial charge in [0.05, 0.1) is 24.4 Å². The van der Waals surface area contributed by atoms with Crippen molar-refractivity contribution in [1.29, 1.82) is 0 Å². The third kappa shape index (κ3) is 5.21. The van der Waals surface area contributed by atoms with Gasteiger partial charge in [0.25, 0.3) is 0 Å². The van der Waals surface area contributed by atoms with Gasteiger partial charge in [-0.15, -0.1) is 0 Å². The molecule has 0 aromatic heterocycles. The van der Waals surface area contributed by atoms with Gasteiger partial charge in [-0.05, 0) is 30.5 Å². The zero-order valence-electron chi connectivity index (χ0n) is 15.2. The smallest absolute Gasteiger partial charge is 0.244 e. The number of sulfone groups is 1. The standard InChI is InChI=1S/C19H23NO6S/c1-25-17-11-10-15(12-18(17)26-2)27(23,24)16(13-19(21)20-22)9-8-14-6-4-3-5-7-14/h3-7,10-12,16,22H,8-9,13H2,1-2H3,(H,20,21). The molecule has 146 valence electrons. The van der Waals surface area contributed by atoms with E-state index < -0.39 is 21.0 Å². The number of carbonyl (C=O) groups excluding carboxylic acids is 1. The maximum atomic E-state index is 13.1. The van der Waals surface area contributed by atoms with Gasteiger partial charge in [0.1, 0.15) is 0 Å². The summed E-state index contributed by atoms with van der Waals surface area (Å²) in [4.78, 5) is 11.7.